The van der Waals surface area contributed by atoms with Gasteiger partial charge < -0.3 is 5.32 Å². The average molecular weight is 432 g/mol. The third-order valence-electron chi connectivity index (χ3n) is 4.74. The summed E-state index contributed by atoms with van der Waals surface area (Å²) in [5, 5.41) is 28.0. The lowest BCUT2D eigenvalue weighted by atomic mass is 10.2. The molecule has 0 spiro atoms. The molecule has 0 atom stereocenters. The van der Waals surface area contributed by atoms with E-state index < -0.39 is 22.8 Å². The first kappa shape index (κ1) is 20.5. The maximum Gasteiger partial charge on any atom is 0.355 e. The molecule has 0 aliphatic rings. The molecular weight excluding hydrogens is 416 g/mol. The Morgan fingerprint density at radius 3 is 2.59 bits per heavy atom. The Labute approximate surface area is 179 Å². The van der Waals surface area contributed by atoms with Crippen molar-refractivity contribution in [3.63, 3.8) is 0 Å². The van der Waals surface area contributed by atoms with E-state index in [1.807, 2.05) is 6.20 Å². The topological polar surface area (TPSA) is 154 Å². The first-order chi connectivity index (χ1) is 15.4. The molecule has 0 amide bonds. The molecule has 0 radical (unpaired) electrons. The molecule has 160 valence electrons. The lowest BCUT2D eigenvalue weighted by Gasteiger charge is -2.15. The number of benzene rings is 2. The van der Waals surface area contributed by atoms with Crippen molar-refractivity contribution in [1.29, 1.82) is 5.26 Å². The zero-order valence-electron chi connectivity index (χ0n) is 16.8. The highest BCUT2D eigenvalue weighted by atomic mass is 16.6. The van der Waals surface area contributed by atoms with Gasteiger partial charge in [0, 0.05) is 36.5 Å². The average Bonchev–Trinajstić information content (AvgIpc) is 3.13. The Balaban J connectivity index is 1.77. The summed E-state index contributed by atoms with van der Waals surface area (Å²) >= 11 is 0. The molecule has 0 aliphatic heterocycles. The summed E-state index contributed by atoms with van der Waals surface area (Å²) < 4.78 is 3.59. The van der Waals surface area contributed by atoms with Crippen LogP contribution in [0.25, 0.3) is 10.9 Å². The zero-order chi connectivity index (χ0) is 22.8. The third-order valence-corrected chi connectivity index (χ3v) is 4.74. The maximum absolute atomic E-state index is 13.0. The molecule has 4 aromatic rings. The summed E-state index contributed by atoms with van der Waals surface area (Å²) in [4.78, 5) is 39.6. The highest BCUT2D eigenvalue weighted by Crippen LogP contribution is 2.20. The number of nitriles is 1. The van der Waals surface area contributed by atoms with Gasteiger partial charge in [-0.2, -0.15) is 15.3 Å². The van der Waals surface area contributed by atoms with Crippen molar-refractivity contribution in [3.8, 4) is 6.07 Å². The van der Waals surface area contributed by atoms with Crippen LogP contribution in [0.15, 0.2) is 58.3 Å². The van der Waals surface area contributed by atoms with Crippen LogP contribution in [0.5, 0.6) is 0 Å². The van der Waals surface area contributed by atoms with Gasteiger partial charge in [0.05, 0.1) is 23.1 Å². The Bertz CT molecular complexity index is 1490. The quantitative estimate of drug-likeness (QED) is 0.355. The highest BCUT2D eigenvalue weighted by Gasteiger charge is 2.15. The van der Waals surface area contributed by atoms with Gasteiger partial charge in [-0.3, -0.25) is 19.4 Å². The van der Waals surface area contributed by atoms with E-state index in [2.05, 4.69) is 15.4 Å². The number of nitrogens with one attached hydrogen (secondary N) is 1. The van der Waals surface area contributed by atoms with E-state index in [9.17, 15) is 19.7 Å². The SMILES string of the molecule is Cn1cc2cc(Nc3nc(=O)n(CC#N)c(=O)n3Cc3ccc([N+](=O)[O-])cc3)ccc2n1. The molecule has 1 N–H and O–H groups in total. The molecule has 12 heteroatoms. The predicted molar refractivity (Wildman–Crippen MR) is 115 cm³/mol. The molecule has 32 heavy (non-hydrogen) atoms. The minimum absolute atomic E-state index is 0.0178. The second kappa shape index (κ2) is 8.15. The van der Waals surface area contributed by atoms with E-state index in [1.165, 1.54) is 28.8 Å². The molecule has 0 aliphatic carbocycles. The summed E-state index contributed by atoms with van der Waals surface area (Å²) in [5.74, 6) is -0.0178. The molecule has 0 bridgehead atoms. The number of aromatic nitrogens is 5. The van der Waals surface area contributed by atoms with Crippen LogP contribution in [-0.4, -0.2) is 28.8 Å². The zero-order valence-corrected chi connectivity index (χ0v) is 16.8. The van der Waals surface area contributed by atoms with Gasteiger partial charge in [0.1, 0.15) is 6.54 Å². The maximum atomic E-state index is 13.0. The van der Waals surface area contributed by atoms with Gasteiger partial charge in [-0.1, -0.05) is 12.1 Å². The summed E-state index contributed by atoms with van der Waals surface area (Å²) in [7, 11) is 1.80. The fourth-order valence-electron chi connectivity index (χ4n) is 3.23. The van der Waals surface area contributed by atoms with Crippen LogP contribution in [0.4, 0.5) is 17.3 Å². The Morgan fingerprint density at radius 2 is 1.91 bits per heavy atom. The number of fused-ring (bicyclic) bond motifs is 1. The summed E-state index contributed by atoms with van der Waals surface area (Å²) in [6.07, 6.45) is 1.82. The first-order valence-electron chi connectivity index (χ1n) is 9.38. The van der Waals surface area contributed by atoms with Crippen molar-refractivity contribution in [2.24, 2.45) is 7.05 Å². The van der Waals surface area contributed by atoms with Gasteiger partial charge >= 0.3 is 11.4 Å². The first-order valence-corrected chi connectivity index (χ1v) is 9.38. The molecule has 0 unspecified atom stereocenters. The van der Waals surface area contributed by atoms with Gasteiger partial charge in [-0.25, -0.2) is 14.2 Å². The van der Waals surface area contributed by atoms with Crippen LogP contribution < -0.4 is 16.7 Å². The van der Waals surface area contributed by atoms with Gasteiger partial charge in [0.25, 0.3) is 5.69 Å². The molecule has 0 fully saturated rings. The van der Waals surface area contributed by atoms with Crippen molar-refractivity contribution < 1.29 is 4.92 Å². The number of hydrogen-bond donors (Lipinski definition) is 1. The molecule has 2 aromatic heterocycles. The lowest BCUT2D eigenvalue weighted by Crippen LogP contribution is -2.42. The number of nitro benzene ring substituents is 1. The van der Waals surface area contributed by atoms with Crippen LogP contribution >= 0.6 is 0 Å². The van der Waals surface area contributed by atoms with Crippen LogP contribution in [0.1, 0.15) is 5.56 Å². The molecule has 12 nitrogen and oxygen atoms in total. The largest absolute Gasteiger partial charge is 0.355 e. The second-order valence-electron chi connectivity index (χ2n) is 6.96. The fourth-order valence-corrected chi connectivity index (χ4v) is 3.23. The smallest absolute Gasteiger partial charge is 0.325 e. The monoisotopic (exact) mass is 432 g/mol. The van der Waals surface area contributed by atoms with E-state index in [-0.39, 0.29) is 18.2 Å². The molecule has 2 aromatic carbocycles. The van der Waals surface area contributed by atoms with Crippen LogP contribution in [0.2, 0.25) is 0 Å². The van der Waals surface area contributed by atoms with Crippen LogP contribution in [0, 0.1) is 21.4 Å². The number of non-ortho nitro benzene ring substituents is 1. The minimum atomic E-state index is -0.860. The molecular formula is C20H16N8O4. The number of nitrogens with zero attached hydrogens (tertiary/aromatic N) is 7. The van der Waals surface area contributed by atoms with E-state index in [0.29, 0.717) is 11.3 Å². The van der Waals surface area contributed by atoms with Gasteiger partial charge in [-0.05, 0) is 23.8 Å². The number of hydrogen-bond acceptors (Lipinski definition) is 8. The molecule has 2 heterocycles. The van der Waals surface area contributed by atoms with Gasteiger partial charge in [0.2, 0.25) is 5.95 Å². The van der Waals surface area contributed by atoms with E-state index in [4.69, 9.17) is 5.26 Å². The van der Waals surface area contributed by atoms with Crippen molar-refractivity contribution >= 4 is 28.2 Å². The third kappa shape index (κ3) is 3.94. The number of anilines is 2. The molecule has 4 rings (SSSR count). The Hall–Kier alpha value is -4.79. The summed E-state index contributed by atoms with van der Waals surface area (Å²) in [6, 6.07) is 12.8. The predicted octanol–water partition coefficient (Wildman–Crippen LogP) is 1.52. The van der Waals surface area contributed by atoms with Crippen LogP contribution in [0.3, 0.4) is 0 Å². The van der Waals surface area contributed by atoms with E-state index >= 15 is 0 Å². The fraction of sp³-hybridized carbons (Fsp3) is 0.150. The van der Waals surface area contributed by atoms with Crippen molar-refractivity contribution in [2.45, 2.75) is 13.1 Å². The number of rotatable bonds is 6. The van der Waals surface area contributed by atoms with E-state index in [0.717, 1.165) is 15.5 Å². The number of nitro groups is 1. The van der Waals surface area contributed by atoms with Gasteiger partial charge in [0.15, 0.2) is 0 Å². The highest BCUT2D eigenvalue weighted by molar-refractivity contribution is 5.82. The second-order valence-corrected chi connectivity index (χ2v) is 6.96. The Morgan fingerprint density at radius 1 is 1.16 bits per heavy atom. The number of aryl methyl sites for hydroxylation is 1. The van der Waals surface area contributed by atoms with Crippen molar-refractivity contribution in [3.05, 3.63) is 85.3 Å². The lowest BCUT2D eigenvalue weighted by molar-refractivity contribution is -0.384. The summed E-state index contributed by atoms with van der Waals surface area (Å²) in [5.41, 5.74) is 0.256. The van der Waals surface area contributed by atoms with Crippen LogP contribution in [-0.2, 0) is 20.1 Å². The standard InChI is InChI=1S/C20H16N8O4/c1-25-12-14-10-15(4-7-17(14)24-25)22-18-23-19(29)26(9-8-21)20(30)27(18)11-13-2-5-16(6-3-13)28(31)32/h2-7,10,12H,9,11H2,1H3,(H,22,23,29). The van der Waals surface area contributed by atoms with E-state index in [1.54, 1.807) is 36.0 Å². The van der Waals surface area contributed by atoms with Crippen molar-refractivity contribution in [2.75, 3.05) is 5.32 Å². The molecule has 0 saturated heterocycles. The normalized spacial score (nSPS) is 10.8. The molecule has 0 saturated carbocycles. The van der Waals surface area contributed by atoms with Gasteiger partial charge in [-0.15, -0.1) is 0 Å². The summed E-state index contributed by atoms with van der Waals surface area (Å²) in [6.45, 7) is -0.472. The minimum Gasteiger partial charge on any atom is -0.325 e. The van der Waals surface area contributed by atoms with Crippen molar-refractivity contribution in [1.82, 2.24) is 23.9 Å². The Kier molecular flexibility index (Phi) is 5.22.